The molecule has 82 valence electrons. The molecule has 15 heavy (non-hydrogen) atoms. The lowest BCUT2D eigenvalue weighted by Gasteiger charge is -2.22. The van der Waals surface area contributed by atoms with E-state index in [9.17, 15) is 5.11 Å². The summed E-state index contributed by atoms with van der Waals surface area (Å²) in [5, 5.41) is 11.0. The average molecular weight is 227 g/mol. The molecule has 1 aromatic heterocycles. The number of hydrogen-bond acceptors (Lipinski definition) is 3. The lowest BCUT2D eigenvalue weighted by atomic mass is 9.94. The Morgan fingerprint density at radius 1 is 1.67 bits per heavy atom. The number of aliphatic hydroxyl groups is 1. The van der Waals surface area contributed by atoms with Gasteiger partial charge in [-0.15, -0.1) is 0 Å². The van der Waals surface area contributed by atoms with E-state index in [2.05, 4.69) is 9.88 Å². The SMILES string of the molecule is CN1CCC(O)(Cc2ccncc2Cl)C1. The van der Waals surface area contributed by atoms with Crippen LogP contribution in [-0.4, -0.2) is 40.7 Å². The monoisotopic (exact) mass is 226 g/mol. The zero-order valence-electron chi connectivity index (χ0n) is 8.78. The Labute approximate surface area is 94.7 Å². The van der Waals surface area contributed by atoms with Gasteiger partial charge in [-0.05, 0) is 25.1 Å². The highest BCUT2D eigenvalue weighted by atomic mass is 35.5. The molecule has 0 radical (unpaired) electrons. The number of nitrogens with zero attached hydrogens (tertiary/aromatic N) is 2. The molecule has 1 unspecified atom stereocenters. The highest BCUT2D eigenvalue weighted by Crippen LogP contribution is 2.27. The average Bonchev–Trinajstić information content (AvgIpc) is 2.51. The van der Waals surface area contributed by atoms with Crippen LogP contribution in [0.3, 0.4) is 0 Å². The highest BCUT2D eigenvalue weighted by molar-refractivity contribution is 6.31. The largest absolute Gasteiger partial charge is 0.388 e. The predicted octanol–water partition coefficient (Wildman–Crippen LogP) is 1.34. The van der Waals surface area contributed by atoms with E-state index in [-0.39, 0.29) is 0 Å². The summed E-state index contributed by atoms with van der Waals surface area (Å²) < 4.78 is 0. The molecule has 0 aliphatic carbocycles. The third-order valence-corrected chi connectivity index (χ3v) is 3.24. The molecule has 2 heterocycles. The Kier molecular flexibility index (Phi) is 2.96. The van der Waals surface area contributed by atoms with Crippen molar-refractivity contribution in [3.05, 3.63) is 29.0 Å². The van der Waals surface area contributed by atoms with Crippen molar-refractivity contribution < 1.29 is 5.11 Å². The zero-order chi connectivity index (χ0) is 10.9. The molecular formula is C11H15ClN2O. The van der Waals surface area contributed by atoms with Gasteiger partial charge in [0.2, 0.25) is 0 Å². The molecule has 0 spiro atoms. The third kappa shape index (κ3) is 2.48. The van der Waals surface area contributed by atoms with Gasteiger partial charge in [0.05, 0.1) is 10.6 Å². The quantitative estimate of drug-likeness (QED) is 0.827. The first-order valence-electron chi connectivity index (χ1n) is 5.08. The van der Waals surface area contributed by atoms with Crippen LogP contribution < -0.4 is 0 Å². The summed E-state index contributed by atoms with van der Waals surface area (Å²) in [5.41, 5.74) is 0.351. The van der Waals surface area contributed by atoms with Crippen LogP contribution in [0.25, 0.3) is 0 Å². The minimum atomic E-state index is -0.625. The van der Waals surface area contributed by atoms with Crippen LogP contribution in [0.1, 0.15) is 12.0 Å². The number of pyridine rings is 1. The summed E-state index contributed by atoms with van der Waals surface area (Å²) in [6, 6.07) is 1.87. The minimum absolute atomic E-state index is 0.610. The van der Waals surface area contributed by atoms with Gasteiger partial charge >= 0.3 is 0 Å². The maximum absolute atomic E-state index is 10.3. The van der Waals surface area contributed by atoms with E-state index in [1.165, 1.54) is 0 Å². The first-order chi connectivity index (χ1) is 7.09. The predicted molar refractivity (Wildman–Crippen MR) is 60.0 cm³/mol. The molecule has 3 nitrogen and oxygen atoms in total. The van der Waals surface area contributed by atoms with Crippen molar-refractivity contribution >= 4 is 11.6 Å². The van der Waals surface area contributed by atoms with Gasteiger partial charge in [0.25, 0.3) is 0 Å². The standard InChI is InChI=1S/C11H15ClN2O/c1-14-5-3-11(15,8-14)6-9-2-4-13-7-10(9)12/h2,4,7,15H,3,5-6,8H2,1H3. The van der Waals surface area contributed by atoms with E-state index in [0.29, 0.717) is 18.0 Å². The number of halogens is 1. The van der Waals surface area contributed by atoms with Gasteiger partial charge in [-0.2, -0.15) is 0 Å². The Morgan fingerprint density at radius 3 is 3.07 bits per heavy atom. The van der Waals surface area contributed by atoms with Gasteiger partial charge in [-0.3, -0.25) is 4.98 Å². The van der Waals surface area contributed by atoms with Crippen LogP contribution in [0, 0.1) is 0 Å². The molecule has 0 amide bonds. The number of β-amino-alcohol motifs (C(OH)–C–C–N with tert-alkyl or cyclic N) is 1. The number of likely N-dealkylation sites (tertiary alicyclic amines) is 1. The van der Waals surface area contributed by atoms with Gasteiger partial charge in [0.15, 0.2) is 0 Å². The minimum Gasteiger partial charge on any atom is -0.388 e. The fourth-order valence-corrected chi connectivity index (χ4v) is 2.29. The molecule has 1 fully saturated rings. The molecule has 1 aliphatic rings. The first kappa shape index (κ1) is 10.9. The van der Waals surface area contributed by atoms with Crippen molar-refractivity contribution in [2.24, 2.45) is 0 Å². The van der Waals surface area contributed by atoms with Crippen molar-refractivity contribution in [2.45, 2.75) is 18.4 Å². The maximum atomic E-state index is 10.3. The lowest BCUT2D eigenvalue weighted by Crippen LogP contribution is -2.34. The molecule has 1 atom stereocenters. The summed E-state index contributed by atoms with van der Waals surface area (Å²) in [6.45, 7) is 1.66. The maximum Gasteiger partial charge on any atom is 0.0826 e. The van der Waals surface area contributed by atoms with Crippen LogP contribution in [0.5, 0.6) is 0 Å². The molecule has 1 saturated heterocycles. The fraction of sp³-hybridized carbons (Fsp3) is 0.545. The molecule has 0 aromatic carbocycles. The fourth-order valence-electron chi connectivity index (χ4n) is 2.11. The topological polar surface area (TPSA) is 36.4 Å². The smallest absolute Gasteiger partial charge is 0.0826 e. The van der Waals surface area contributed by atoms with E-state index in [1.54, 1.807) is 12.4 Å². The van der Waals surface area contributed by atoms with Gasteiger partial charge < -0.3 is 10.0 Å². The third-order valence-electron chi connectivity index (χ3n) is 2.90. The second-order valence-corrected chi connectivity index (χ2v) is 4.76. The van der Waals surface area contributed by atoms with Crippen molar-refractivity contribution in [2.75, 3.05) is 20.1 Å². The molecule has 4 heteroatoms. The van der Waals surface area contributed by atoms with Crippen molar-refractivity contribution in [1.29, 1.82) is 0 Å². The second kappa shape index (κ2) is 4.08. The lowest BCUT2D eigenvalue weighted by molar-refractivity contribution is 0.0523. The summed E-state index contributed by atoms with van der Waals surface area (Å²) in [6.07, 6.45) is 4.75. The van der Waals surface area contributed by atoms with Crippen molar-refractivity contribution in [3.8, 4) is 0 Å². The van der Waals surface area contributed by atoms with Crippen LogP contribution in [-0.2, 0) is 6.42 Å². The van der Waals surface area contributed by atoms with E-state index < -0.39 is 5.60 Å². The van der Waals surface area contributed by atoms with E-state index in [0.717, 1.165) is 18.5 Å². The number of likely N-dealkylation sites (N-methyl/N-ethyl adjacent to an activating group) is 1. The van der Waals surface area contributed by atoms with Crippen LogP contribution in [0.15, 0.2) is 18.5 Å². The number of hydrogen-bond donors (Lipinski definition) is 1. The molecule has 1 aliphatic heterocycles. The second-order valence-electron chi connectivity index (χ2n) is 4.36. The number of aromatic nitrogens is 1. The van der Waals surface area contributed by atoms with E-state index in [1.807, 2.05) is 13.1 Å². The molecule has 1 N–H and O–H groups in total. The highest BCUT2D eigenvalue weighted by Gasteiger charge is 2.34. The zero-order valence-corrected chi connectivity index (χ0v) is 9.54. The molecule has 1 aromatic rings. The van der Waals surface area contributed by atoms with Crippen LogP contribution in [0.2, 0.25) is 5.02 Å². The van der Waals surface area contributed by atoms with Crippen LogP contribution >= 0.6 is 11.6 Å². The normalized spacial score (nSPS) is 27.1. The molecule has 0 bridgehead atoms. The summed E-state index contributed by atoms with van der Waals surface area (Å²) in [4.78, 5) is 6.07. The van der Waals surface area contributed by atoms with Gasteiger partial charge in [0, 0.05) is 31.9 Å². The van der Waals surface area contributed by atoms with Gasteiger partial charge in [0.1, 0.15) is 0 Å². The van der Waals surface area contributed by atoms with Gasteiger partial charge in [-0.1, -0.05) is 11.6 Å². The number of rotatable bonds is 2. The van der Waals surface area contributed by atoms with Crippen molar-refractivity contribution in [3.63, 3.8) is 0 Å². The molecular weight excluding hydrogens is 212 g/mol. The summed E-state index contributed by atoms with van der Waals surface area (Å²) in [5.74, 6) is 0. The van der Waals surface area contributed by atoms with Gasteiger partial charge in [-0.25, -0.2) is 0 Å². The Bertz CT molecular complexity index is 358. The summed E-state index contributed by atoms with van der Waals surface area (Å²) in [7, 11) is 2.02. The van der Waals surface area contributed by atoms with Crippen molar-refractivity contribution in [1.82, 2.24) is 9.88 Å². The molecule has 0 saturated carbocycles. The van der Waals surface area contributed by atoms with E-state index >= 15 is 0 Å². The van der Waals surface area contributed by atoms with E-state index in [4.69, 9.17) is 11.6 Å². The Hall–Kier alpha value is -0.640. The summed E-state index contributed by atoms with van der Waals surface area (Å²) >= 11 is 6.01. The molecule has 2 rings (SSSR count). The Balaban J connectivity index is 2.12. The first-order valence-corrected chi connectivity index (χ1v) is 5.46. The van der Waals surface area contributed by atoms with Crippen LogP contribution in [0.4, 0.5) is 0 Å². The Morgan fingerprint density at radius 2 is 2.47 bits per heavy atom.